The Bertz CT molecular complexity index is 1020. The van der Waals surface area contributed by atoms with Crippen LogP contribution in [-0.4, -0.2) is 43.8 Å². The van der Waals surface area contributed by atoms with E-state index in [-0.39, 0.29) is 16.8 Å². The molecule has 1 amide bonds. The van der Waals surface area contributed by atoms with Gasteiger partial charge in [0, 0.05) is 12.2 Å². The van der Waals surface area contributed by atoms with Crippen molar-refractivity contribution < 1.29 is 22.7 Å². The standard InChI is InChI=1S/C25H32N2O5S/c1-2-3-4-5-9-19-32-25(29)20-14-16-21(17-15-20)26-24(28)23-13-10-18-27(23)33(30,31)22-11-7-6-8-12-22/h6-8,11-12,14-17,23H,2-5,9-10,13,18-19H2,1H3,(H,26,28)/t23-/m0/s1. The van der Waals surface area contributed by atoms with Crippen molar-refractivity contribution in [3.63, 3.8) is 0 Å². The van der Waals surface area contributed by atoms with Crippen molar-refractivity contribution in [2.75, 3.05) is 18.5 Å². The molecule has 1 N–H and O–H groups in total. The number of rotatable bonds is 11. The van der Waals surface area contributed by atoms with Crippen molar-refractivity contribution in [2.24, 2.45) is 0 Å². The molecule has 33 heavy (non-hydrogen) atoms. The molecule has 2 aromatic carbocycles. The number of esters is 1. The van der Waals surface area contributed by atoms with E-state index in [2.05, 4.69) is 12.2 Å². The Hall–Kier alpha value is -2.71. The van der Waals surface area contributed by atoms with E-state index in [1.165, 1.54) is 29.3 Å². The summed E-state index contributed by atoms with van der Waals surface area (Å²) in [6, 6.07) is 13.8. The van der Waals surface area contributed by atoms with Crippen LogP contribution in [0.25, 0.3) is 0 Å². The number of anilines is 1. The van der Waals surface area contributed by atoms with Crippen LogP contribution in [0.5, 0.6) is 0 Å². The number of sulfonamides is 1. The average Bonchev–Trinajstić information content (AvgIpc) is 3.33. The molecule has 1 aliphatic heterocycles. The van der Waals surface area contributed by atoms with E-state index >= 15 is 0 Å². The van der Waals surface area contributed by atoms with Crippen LogP contribution in [0, 0.1) is 0 Å². The van der Waals surface area contributed by atoms with Gasteiger partial charge in [-0.05, 0) is 55.7 Å². The highest BCUT2D eigenvalue weighted by Crippen LogP contribution is 2.27. The molecule has 1 atom stereocenters. The highest BCUT2D eigenvalue weighted by molar-refractivity contribution is 7.89. The first-order valence-electron chi connectivity index (χ1n) is 11.6. The highest BCUT2D eigenvalue weighted by atomic mass is 32.2. The topological polar surface area (TPSA) is 92.8 Å². The van der Waals surface area contributed by atoms with Gasteiger partial charge in [-0.25, -0.2) is 13.2 Å². The monoisotopic (exact) mass is 472 g/mol. The Morgan fingerprint density at radius 1 is 1.00 bits per heavy atom. The van der Waals surface area contributed by atoms with Crippen molar-refractivity contribution in [3.05, 3.63) is 60.2 Å². The molecule has 1 saturated heterocycles. The number of carbonyl (C=O) groups excluding carboxylic acids is 2. The molecule has 1 fully saturated rings. The maximum Gasteiger partial charge on any atom is 0.338 e. The molecule has 8 heteroatoms. The predicted octanol–water partition coefficient (Wildman–Crippen LogP) is 4.61. The van der Waals surface area contributed by atoms with Gasteiger partial charge in [-0.15, -0.1) is 0 Å². The molecule has 0 bridgehead atoms. The van der Waals surface area contributed by atoms with Crippen LogP contribution < -0.4 is 5.32 Å². The molecule has 0 spiro atoms. The lowest BCUT2D eigenvalue weighted by atomic mass is 10.1. The minimum atomic E-state index is -3.75. The smallest absolute Gasteiger partial charge is 0.338 e. The molecule has 1 aliphatic rings. The quantitative estimate of drug-likeness (QED) is 0.381. The fraction of sp³-hybridized carbons (Fsp3) is 0.440. The van der Waals surface area contributed by atoms with E-state index in [0.29, 0.717) is 37.2 Å². The lowest BCUT2D eigenvalue weighted by molar-refractivity contribution is -0.119. The molecule has 178 valence electrons. The molecule has 7 nitrogen and oxygen atoms in total. The Morgan fingerprint density at radius 3 is 2.39 bits per heavy atom. The SMILES string of the molecule is CCCCCCCOC(=O)c1ccc(NC(=O)[C@@H]2CCCN2S(=O)(=O)c2ccccc2)cc1. The summed E-state index contributed by atoms with van der Waals surface area (Å²) in [7, 11) is -3.75. The summed E-state index contributed by atoms with van der Waals surface area (Å²) in [5, 5.41) is 2.78. The maximum absolute atomic E-state index is 13.0. The van der Waals surface area contributed by atoms with Crippen LogP contribution in [0.1, 0.15) is 62.2 Å². The summed E-state index contributed by atoms with van der Waals surface area (Å²) in [4.78, 5) is 25.2. The van der Waals surface area contributed by atoms with Crippen LogP contribution in [0.3, 0.4) is 0 Å². The van der Waals surface area contributed by atoms with Crippen molar-refractivity contribution in [2.45, 2.75) is 62.8 Å². The van der Waals surface area contributed by atoms with Gasteiger partial charge in [0.1, 0.15) is 6.04 Å². The number of unbranched alkanes of at least 4 members (excludes halogenated alkanes) is 4. The summed E-state index contributed by atoms with van der Waals surface area (Å²) in [6.45, 7) is 2.86. The Morgan fingerprint density at radius 2 is 1.70 bits per heavy atom. The molecule has 1 heterocycles. The zero-order chi connectivity index (χ0) is 23.7. The summed E-state index contributed by atoms with van der Waals surface area (Å²) in [5.74, 6) is -0.770. The van der Waals surface area contributed by atoms with Gasteiger partial charge in [-0.2, -0.15) is 4.31 Å². The zero-order valence-corrected chi connectivity index (χ0v) is 19.9. The fourth-order valence-corrected chi connectivity index (χ4v) is 5.56. The van der Waals surface area contributed by atoms with Crippen molar-refractivity contribution in [1.29, 1.82) is 0 Å². The largest absolute Gasteiger partial charge is 0.462 e. The van der Waals surface area contributed by atoms with Crippen LogP contribution in [0.15, 0.2) is 59.5 Å². The second-order valence-electron chi connectivity index (χ2n) is 8.20. The molecular weight excluding hydrogens is 440 g/mol. The lowest BCUT2D eigenvalue weighted by Gasteiger charge is -2.23. The summed E-state index contributed by atoms with van der Waals surface area (Å²) in [5.41, 5.74) is 0.913. The summed E-state index contributed by atoms with van der Waals surface area (Å²) in [6.07, 6.45) is 6.48. The molecule has 0 unspecified atom stereocenters. The third kappa shape index (κ3) is 6.65. The first-order valence-corrected chi connectivity index (χ1v) is 13.0. The van der Waals surface area contributed by atoms with Gasteiger partial charge >= 0.3 is 5.97 Å². The van der Waals surface area contributed by atoms with Crippen LogP contribution in [0.2, 0.25) is 0 Å². The van der Waals surface area contributed by atoms with Crippen molar-refractivity contribution in [3.8, 4) is 0 Å². The van der Waals surface area contributed by atoms with Gasteiger partial charge < -0.3 is 10.1 Å². The summed E-state index contributed by atoms with van der Waals surface area (Å²) < 4.78 is 32.5. The number of hydrogen-bond acceptors (Lipinski definition) is 5. The Kier molecular flexibility index (Phi) is 9.03. The van der Waals surface area contributed by atoms with E-state index in [4.69, 9.17) is 4.74 Å². The van der Waals surface area contributed by atoms with E-state index in [0.717, 1.165) is 19.3 Å². The normalized spacial score (nSPS) is 16.5. The van der Waals surface area contributed by atoms with Crippen LogP contribution >= 0.6 is 0 Å². The maximum atomic E-state index is 13.0. The van der Waals surface area contributed by atoms with Gasteiger partial charge in [-0.1, -0.05) is 50.8 Å². The number of nitrogens with one attached hydrogen (secondary N) is 1. The van der Waals surface area contributed by atoms with Gasteiger partial charge in [0.15, 0.2) is 0 Å². The molecule has 0 radical (unpaired) electrons. The second kappa shape index (κ2) is 12.0. The van der Waals surface area contributed by atoms with E-state index in [1.807, 2.05) is 0 Å². The minimum absolute atomic E-state index is 0.179. The zero-order valence-electron chi connectivity index (χ0n) is 19.0. The highest BCUT2D eigenvalue weighted by Gasteiger charge is 2.39. The lowest BCUT2D eigenvalue weighted by Crippen LogP contribution is -2.43. The van der Waals surface area contributed by atoms with Gasteiger partial charge in [-0.3, -0.25) is 4.79 Å². The fourth-order valence-electron chi connectivity index (χ4n) is 3.89. The first kappa shape index (κ1) is 24.9. The average molecular weight is 473 g/mol. The predicted molar refractivity (Wildman–Crippen MR) is 127 cm³/mol. The molecule has 0 aliphatic carbocycles. The molecule has 2 aromatic rings. The molecule has 0 saturated carbocycles. The van der Waals surface area contributed by atoms with E-state index < -0.39 is 16.1 Å². The van der Waals surface area contributed by atoms with Gasteiger partial charge in [0.25, 0.3) is 0 Å². The third-order valence-corrected chi connectivity index (χ3v) is 7.65. The van der Waals surface area contributed by atoms with Crippen LogP contribution in [0.4, 0.5) is 5.69 Å². The Labute approximate surface area is 196 Å². The van der Waals surface area contributed by atoms with Crippen LogP contribution in [-0.2, 0) is 19.6 Å². The second-order valence-corrected chi connectivity index (χ2v) is 10.1. The first-order chi connectivity index (χ1) is 15.9. The number of benzene rings is 2. The van der Waals surface area contributed by atoms with Crippen molar-refractivity contribution in [1.82, 2.24) is 4.31 Å². The molecular formula is C25H32N2O5S. The number of amides is 1. The summed E-state index contributed by atoms with van der Waals surface area (Å²) >= 11 is 0. The third-order valence-electron chi connectivity index (χ3n) is 5.73. The van der Waals surface area contributed by atoms with E-state index in [1.54, 1.807) is 42.5 Å². The minimum Gasteiger partial charge on any atom is -0.462 e. The molecule has 0 aromatic heterocycles. The van der Waals surface area contributed by atoms with Gasteiger partial charge in [0.05, 0.1) is 17.1 Å². The van der Waals surface area contributed by atoms with E-state index in [9.17, 15) is 18.0 Å². The number of ether oxygens (including phenoxy) is 1. The number of nitrogens with zero attached hydrogens (tertiary/aromatic N) is 1. The number of carbonyl (C=O) groups is 2. The van der Waals surface area contributed by atoms with Crippen molar-refractivity contribution >= 4 is 27.6 Å². The number of hydrogen-bond donors (Lipinski definition) is 1. The van der Waals surface area contributed by atoms with Gasteiger partial charge in [0.2, 0.25) is 15.9 Å². The molecule has 3 rings (SSSR count). The Balaban J connectivity index is 1.55.